The highest BCUT2D eigenvalue weighted by molar-refractivity contribution is 6.06. The van der Waals surface area contributed by atoms with E-state index in [9.17, 15) is 4.79 Å². The van der Waals surface area contributed by atoms with Gasteiger partial charge in [0.15, 0.2) is 0 Å². The molecule has 4 rings (SSSR count). The second kappa shape index (κ2) is 6.43. The van der Waals surface area contributed by atoms with Gasteiger partial charge in [0.2, 0.25) is 5.91 Å². The first-order chi connectivity index (χ1) is 12.2. The SMILES string of the molecule is NC(=O)c1cc(N2CCC(Nc3ccccc3)C2)nc2ccccc12. The van der Waals surface area contributed by atoms with Gasteiger partial charge in [-0.2, -0.15) is 0 Å². The summed E-state index contributed by atoms with van der Waals surface area (Å²) in [6.07, 6.45) is 1.02. The monoisotopic (exact) mass is 332 g/mol. The summed E-state index contributed by atoms with van der Waals surface area (Å²) in [6.45, 7) is 1.74. The van der Waals surface area contributed by atoms with Crippen LogP contribution in [0.25, 0.3) is 10.9 Å². The van der Waals surface area contributed by atoms with Crippen LogP contribution >= 0.6 is 0 Å². The Morgan fingerprint density at radius 2 is 1.88 bits per heavy atom. The zero-order chi connectivity index (χ0) is 17.2. The van der Waals surface area contributed by atoms with Gasteiger partial charge in [0.25, 0.3) is 0 Å². The van der Waals surface area contributed by atoms with E-state index in [-0.39, 0.29) is 0 Å². The van der Waals surface area contributed by atoms with Crippen LogP contribution in [0.5, 0.6) is 0 Å². The molecule has 3 N–H and O–H groups in total. The van der Waals surface area contributed by atoms with Crippen LogP contribution < -0.4 is 16.0 Å². The number of benzene rings is 2. The number of fused-ring (bicyclic) bond motifs is 1. The molecular formula is C20H20N4O. The molecule has 1 atom stereocenters. The number of carbonyl (C=O) groups is 1. The molecular weight excluding hydrogens is 312 g/mol. The van der Waals surface area contributed by atoms with Crippen molar-refractivity contribution >= 4 is 28.3 Å². The van der Waals surface area contributed by atoms with E-state index in [0.29, 0.717) is 11.6 Å². The Morgan fingerprint density at radius 3 is 2.68 bits per heavy atom. The Labute approximate surface area is 146 Å². The molecule has 0 aliphatic carbocycles. The largest absolute Gasteiger partial charge is 0.380 e. The van der Waals surface area contributed by atoms with Gasteiger partial charge >= 0.3 is 0 Å². The summed E-state index contributed by atoms with van der Waals surface area (Å²) in [6, 6.07) is 20.0. The van der Waals surface area contributed by atoms with Crippen LogP contribution in [-0.2, 0) is 0 Å². The van der Waals surface area contributed by atoms with Gasteiger partial charge in [0.1, 0.15) is 5.82 Å². The van der Waals surface area contributed by atoms with Crippen molar-refractivity contribution in [1.29, 1.82) is 0 Å². The third-order valence-electron chi connectivity index (χ3n) is 4.62. The number of nitrogens with two attached hydrogens (primary N) is 1. The van der Waals surface area contributed by atoms with Gasteiger partial charge in [-0.25, -0.2) is 4.98 Å². The molecule has 5 heteroatoms. The van der Waals surface area contributed by atoms with Crippen molar-refractivity contribution < 1.29 is 4.79 Å². The molecule has 5 nitrogen and oxygen atoms in total. The minimum Gasteiger partial charge on any atom is -0.380 e. The van der Waals surface area contributed by atoms with Gasteiger partial charge in [-0.15, -0.1) is 0 Å². The summed E-state index contributed by atoms with van der Waals surface area (Å²) in [5.41, 5.74) is 8.03. The van der Waals surface area contributed by atoms with Crippen LogP contribution in [0.15, 0.2) is 60.7 Å². The van der Waals surface area contributed by atoms with Crippen molar-refractivity contribution in [2.24, 2.45) is 5.73 Å². The predicted molar refractivity (Wildman–Crippen MR) is 101 cm³/mol. The summed E-state index contributed by atoms with van der Waals surface area (Å²) in [5, 5.41) is 4.36. The molecule has 0 radical (unpaired) electrons. The second-order valence-corrected chi connectivity index (χ2v) is 6.35. The first-order valence-corrected chi connectivity index (χ1v) is 8.47. The average molecular weight is 332 g/mol. The lowest BCUT2D eigenvalue weighted by Crippen LogP contribution is -2.27. The Hall–Kier alpha value is -3.08. The molecule has 1 fully saturated rings. The van der Waals surface area contributed by atoms with Crippen LogP contribution in [0, 0.1) is 0 Å². The van der Waals surface area contributed by atoms with E-state index >= 15 is 0 Å². The second-order valence-electron chi connectivity index (χ2n) is 6.35. The highest BCUT2D eigenvalue weighted by atomic mass is 16.1. The van der Waals surface area contributed by atoms with Crippen LogP contribution in [-0.4, -0.2) is 30.0 Å². The normalized spacial score (nSPS) is 17.0. The first-order valence-electron chi connectivity index (χ1n) is 8.47. The highest BCUT2D eigenvalue weighted by Gasteiger charge is 2.24. The lowest BCUT2D eigenvalue weighted by atomic mass is 10.1. The Bertz CT molecular complexity index is 910. The third-order valence-corrected chi connectivity index (χ3v) is 4.62. The molecule has 1 aliphatic rings. The summed E-state index contributed by atoms with van der Waals surface area (Å²) < 4.78 is 0. The van der Waals surface area contributed by atoms with Gasteiger partial charge in [0, 0.05) is 30.2 Å². The van der Waals surface area contributed by atoms with Gasteiger partial charge < -0.3 is 16.0 Å². The molecule has 1 amide bonds. The van der Waals surface area contributed by atoms with Gasteiger partial charge in [-0.1, -0.05) is 36.4 Å². The fraction of sp³-hybridized carbons (Fsp3) is 0.200. The van der Waals surface area contributed by atoms with Crippen LogP contribution in [0.4, 0.5) is 11.5 Å². The predicted octanol–water partition coefficient (Wildman–Crippen LogP) is 3.02. The number of amides is 1. The molecule has 0 bridgehead atoms. The van der Waals surface area contributed by atoms with Gasteiger partial charge in [-0.3, -0.25) is 4.79 Å². The molecule has 1 aromatic heterocycles. The van der Waals surface area contributed by atoms with E-state index in [1.54, 1.807) is 0 Å². The summed E-state index contributed by atoms with van der Waals surface area (Å²) in [4.78, 5) is 18.8. The number of pyridine rings is 1. The van der Waals surface area contributed by atoms with Crippen LogP contribution in [0.2, 0.25) is 0 Å². The zero-order valence-electron chi connectivity index (χ0n) is 13.9. The fourth-order valence-electron chi connectivity index (χ4n) is 3.38. The molecule has 0 spiro atoms. The topological polar surface area (TPSA) is 71.2 Å². The minimum atomic E-state index is -0.419. The van der Waals surface area contributed by atoms with E-state index in [4.69, 9.17) is 10.7 Å². The first kappa shape index (κ1) is 15.4. The van der Waals surface area contributed by atoms with E-state index in [0.717, 1.165) is 41.9 Å². The number of primary amides is 1. The molecule has 1 saturated heterocycles. The zero-order valence-corrected chi connectivity index (χ0v) is 13.9. The number of rotatable bonds is 4. The summed E-state index contributed by atoms with van der Waals surface area (Å²) in [7, 11) is 0. The summed E-state index contributed by atoms with van der Waals surface area (Å²) >= 11 is 0. The number of hydrogen-bond acceptors (Lipinski definition) is 4. The van der Waals surface area contributed by atoms with Crippen molar-refractivity contribution in [3.8, 4) is 0 Å². The van der Waals surface area contributed by atoms with Gasteiger partial charge in [0.05, 0.1) is 11.1 Å². The van der Waals surface area contributed by atoms with Crippen molar-refractivity contribution in [3.05, 3.63) is 66.2 Å². The number of hydrogen-bond donors (Lipinski definition) is 2. The number of para-hydroxylation sites is 2. The quantitative estimate of drug-likeness (QED) is 0.770. The standard InChI is InChI=1S/C20H20N4O/c21-20(25)17-12-19(23-18-9-5-4-8-16(17)18)24-11-10-15(13-24)22-14-6-2-1-3-7-14/h1-9,12,15,22H,10-11,13H2,(H2,21,25). The third kappa shape index (κ3) is 3.13. The number of nitrogens with one attached hydrogen (secondary N) is 1. The van der Waals surface area contributed by atoms with E-state index in [2.05, 4.69) is 22.3 Å². The molecule has 1 unspecified atom stereocenters. The maximum absolute atomic E-state index is 11.9. The fourth-order valence-corrected chi connectivity index (χ4v) is 3.38. The molecule has 1 aliphatic heterocycles. The van der Waals surface area contributed by atoms with Crippen molar-refractivity contribution in [2.75, 3.05) is 23.3 Å². The minimum absolute atomic E-state index is 0.354. The van der Waals surface area contributed by atoms with Crippen LogP contribution in [0.1, 0.15) is 16.8 Å². The van der Waals surface area contributed by atoms with Gasteiger partial charge in [-0.05, 0) is 30.7 Å². The van der Waals surface area contributed by atoms with E-state index in [1.165, 1.54) is 0 Å². The lowest BCUT2D eigenvalue weighted by molar-refractivity contribution is 0.100. The number of aromatic nitrogens is 1. The molecule has 126 valence electrons. The van der Waals surface area contributed by atoms with Crippen molar-refractivity contribution in [1.82, 2.24) is 4.98 Å². The van der Waals surface area contributed by atoms with Crippen LogP contribution in [0.3, 0.4) is 0 Å². The molecule has 2 aromatic carbocycles. The number of anilines is 2. The molecule has 3 aromatic rings. The highest BCUT2D eigenvalue weighted by Crippen LogP contribution is 2.26. The number of nitrogens with zero attached hydrogens (tertiary/aromatic N) is 2. The Kier molecular flexibility index (Phi) is 3.98. The smallest absolute Gasteiger partial charge is 0.249 e. The molecule has 2 heterocycles. The van der Waals surface area contributed by atoms with Crippen molar-refractivity contribution in [2.45, 2.75) is 12.5 Å². The maximum atomic E-state index is 11.9. The summed E-state index contributed by atoms with van der Waals surface area (Å²) in [5.74, 6) is 0.392. The van der Waals surface area contributed by atoms with E-state index < -0.39 is 5.91 Å². The number of carbonyl (C=O) groups excluding carboxylic acids is 1. The Balaban J connectivity index is 1.59. The van der Waals surface area contributed by atoms with E-state index in [1.807, 2.05) is 48.5 Å². The Morgan fingerprint density at radius 1 is 1.12 bits per heavy atom. The lowest BCUT2D eigenvalue weighted by Gasteiger charge is -2.20. The molecule has 0 saturated carbocycles. The maximum Gasteiger partial charge on any atom is 0.249 e. The molecule has 25 heavy (non-hydrogen) atoms. The van der Waals surface area contributed by atoms with Crippen molar-refractivity contribution in [3.63, 3.8) is 0 Å². The average Bonchev–Trinajstić information content (AvgIpc) is 3.10.